The van der Waals surface area contributed by atoms with Crippen LogP contribution in [-0.2, 0) is 6.18 Å². The average Bonchev–Trinajstić information content (AvgIpc) is 2.91. The maximum absolute atomic E-state index is 12.4. The quantitative estimate of drug-likeness (QED) is 0.636. The molecule has 0 spiro atoms. The molecule has 1 aromatic heterocycles. The average molecular weight is 304 g/mol. The van der Waals surface area contributed by atoms with Crippen LogP contribution in [0.2, 0.25) is 0 Å². The van der Waals surface area contributed by atoms with Crippen molar-refractivity contribution in [2.45, 2.75) is 36.9 Å². The van der Waals surface area contributed by atoms with Gasteiger partial charge in [0.25, 0.3) is 0 Å². The molecule has 2 nitrogen and oxygen atoms in total. The van der Waals surface area contributed by atoms with Crippen LogP contribution in [0.15, 0.2) is 23.4 Å². The summed E-state index contributed by atoms with van der Waals surface area (Å²) in [5, 5.41) is 4.04. The van der Waals surface area contributed by atoms with Crippen LogP contribution in [0.3, 0.4) is 0 Å². The fourth-order valence-corrected chi connectivity index (χ4v) is 3.13. The highest BCUT2D eigenvalue weighted by Crippen LogP contribution is 2.29. The second-order valence-corrected chi connectivity index (χ2v) is 6.20. The SMILES string of the molecule is FC(F)(F)c1ccc(SCCNCC2CCCC2)nc1. The Kier molecular flexibility index (Phi) is 5.72. The number of rotatable bonds is 6. The Balaban J connectivity index is 1.64. The second-order valence-electron chi connectivity index (χ2n) is 5.09. The van der Waals surface area contributed by atoms with Gasteiger partial charge in [-0.1, -0.05) is 12.8 Å². The number of hydrogen-bond acceptors (Lipinski definition) is 3. The lowest BCUT2D eigenvalue weighted by atomic mass is 10.1. The van der Waals surface area contributed by atoms with Crippen LogP contribution in [0, 0.1) is 5.92 Å². The molecule has 0 unspecified atom stereocenters. The van der Waals surface area contributed by atoms with E-state index in [9.17, 15) is 13.2 Å². The monoisotopic (exact) mass is 304 g/mol. The minimum Gasteiger partial charge on any atom is -0.316 e. The number of pyridine rings is 1. The van der Waals surface area contributed by atoms with E-state index >= 15 is 0 Å². The Morgan fingerprint density at radius 3 is 2.60 bits per heavy atom. The fourth-order valence-electron chi connectivity index (χ4n) is 2.38. The maximum atomic E-state index is 12.4. The van der Waals surface area contributed by atoms with Gasteiger partial charge < -0.3 is 5.32 Å². The molecular weight excluding hydrogens is 285 g/mol. The van der Waals surface area contributed by atoms with Crippen LogP contribution in [0.4, 0.5) is 13.2 Å². The Labute approximate surface area is 121 Å². The molecule has 0 amide bonds. The summed E-state index contributed by atoms with van der Waals surface area (Å²) in [7, 11) is 0. The van der Waals surface area contributed by atoms with Gasteiger partial charge in [-0.3, -0.25) is 0 Å². The van der Waals surface area contributed by atoms with Crippen molar-refractivity contribution in [3.05, 3.63) is 23.9 Å². The summed E-state index contributed by atoms with van der Waals surface area (Å²) in [5.74, 6) is 1.63. The third-order valence-electron chi connectivity index (χ3n) is 3.50. The summed E-state index contributed by atoms with van der Waals surface area (Å²) in [6.07, 6.45) is 1.92. The lowest BCUT2D eigenvalue weighted by molar-refractivity contribution is -0.137. The van der Waals surface area contributed by atoms with Crippen molar-refractivity contribution in [3.8, 4) is 0 Å². The number of nitrogens with one attached hydrogen (secondary N) is 1. The molecule has 6 heteroatoms. The predicted molar refractivity (Wildman–Crippen MR) is 74.8 cm³/mol. The molecule has 1 saturated carbocycles. The Bertz CT molecular complexity index is 400. The van der Waals surface area contributed by atoms with Crippen LogP contribution < -0.4 is 5.32 Å². The molecule has 1 N–H and O–H groups in total. The first-order chi connectivity index (χ1) is 9.55. The van der Waals surface area contributed by atoms with Gasteiger partial charge in [-0.25, -0.2) is 4.98 Å². The summed E-state index contributed by atoms with van der Waals surface area (Å²) >= 11 is 1.48. The fraction of sp³-hybridized carbons (Fsp3) is 0.643. The maximum Gasteiger partial charge on any atom is 0.417 e. The topological polar surface area (TPSA) is 24.9 Å². The van der Waals surface area contributed by atoms with Crippen LogP contribution in [0.5, 0.6) is 0 Å². The van der Waals surface area contributed by atoms with E-state index in [0.717, 1.165) is 37.0 Å². The highest BCUT2D eigenvalue weighted by Gasteiger charge is 2.30. The van der Waals surface area contributed by atoms with E-state index < -0.39 is 11.7 Å². The van der Waals surface area contributed by atoms with Crippen LogP contribution in [-0.4, -0.2) is 23.8 Å². The van der Waals surface area contributed by atoms with Crippen LogP contribution in [0.25, 0.3) is 0 Å². The van der Waals surface area contributed by atoms with Crippen molar-refractivity contribution in [2.24, 2.45) is 5.92 Å². The van der Waals surface area contributed by atoms with E-state index in [2.05, 4.69) is 10.3 Å². The first kappa shape index (κ1) is 15.6. The minimum atomic E-state index is -4.31. The predicted octanol–water partition coefficient (Wildman–Crippen LogP) is 3.97. The number of nitrogens with zero attached hydrogens (tertiary/aromatic N) is 1. The van der Waals surface area contributed by atoms with Gasteiger partial charge >= 0.3 is 6.18 Å². The van der Waals surface area contributed by atoms with E-state index in [1.807, 2.05) is 0 Å². The molecular formula is C14H19F3N2S. The number of hydrogen-bond donors (Lipinski definition) is 1. The number of halogens is 3. The van der Waals surface area contributed by atoms with E-state index in [1.54, 1.807) is 0 Å². The first-order valence-electron chi connectivity index (χ1n) is 6.92. The largest absolute Gasteiger partial charge is 0.417 e. The third-order valence-corrected chi connectivity index (χ3v) is 4.45. The number of alkyl halides is 3. The van der Waals surface area contributed by atoms with E-state index in [0.29, 0.717) is 5.03 Å². The summed E-state index contributed by atoms with van der Waals surface area (Å²) in [6.45, 7) is 1.92. The van der Waals surface area contributed by atoms with Gasteiger partial charge in [-0.05, 0) is 37.4 Å². The summed E-state index contributed by atoms with van der Waals surface area (Å²) < 4.78 is 37.1. The Morgan fingerprint density at radius 1 is 1.25 bits per heavy atom. The molecule has 1 aliphatic carbocycles. The zero-order valence-corrected chi connectivity index (χ0v) is 12.1. The molecule has 20 heavy (non-hydrogen) atoms. The minimum absolute atomic E-state index is 0.640. The highest BCUT2D eigenvalue weighted by molar-refractivity contribution is 7.99. The highest BCUT2D eigenvalue weighted by atomic mass is 32.2. The van der Waals surface area contributed by atoms with Crippen molar-refractivity contribution in [2.75, 3.05) is 18.8 Å². The third kappa shape index (κ3) is 4.98. The van der Waals surface area contributed by atoms with E-state index in [4.69, 9.17) is 0 Å². The Morgan fingerprint density at radius 2 is 2.00 bits per heavy atom. The molecule has 1 aliphatic rings. The number of aromatic nitrogens is 1. The van der Waals surface area contributed by atoms with E-state index in [1.165, 1.54) is 43.5 Å². The molecule has 0 bridgehead atoms. The van der Waals surface area contributed by atoms with Gasteiger partial charge in [0.15, 0.2) is 0 Å². The van der Waals surface area contributed by atoms with Crippen LogP contribution in [0.1, 0.15) is 31.2 Å². The molecule has 112 valence electrons. The van der Waals surface area contributed by atoms with Gasteiger partial charge in [0.05, 0.1) is 10.6 Å². The molecule has 1 fully saturated rings. The summed E-state index contributed by atoms with van der Waals surface area (Å²) in [4.78, 5) is 3.84. The summed E-state index contributed by atoms with van der Waals surface area (Å²) in [6, 6.07) is 2.52. The van der Waals surface area contributed by atoms with Crippen molar-refractivity contribution >= 4 is 11.8 Å². The molecule has 1 aromatic rings. The summed E-state index contributed by atoms with van der Waals surface area (Å²) in [5.41, 5.74) is -0.693. The lowest BCUT2D eigenvalue weighted by Gasteiger charge is -2.10. The normalized spacial score (nSPS) is 16.8. The standard InChI is InChI=1S/C14H19F3N2S/c15-14(16,17)12-5-6-13(19-10-12)20-8-7-18-9-11-3-1-2-4-11/h5-6,10-11,18H,1-4,7-9H2. The van der Waals surface area contributed by atoms with Gasteiger partial charge in [-0.15, -0.1) is 11.8 Å². The zero-order chi connectivity index (χ0) is 14.4. The molecule has 0 atom stereocenters. The molecule has 0 saturated heterocycles. The first-order valence-corrected chi connectivity index (χ1v) is 7.91. The van der Waals surface area contributed by atoms with E-state index in [-0.39, 0.29) is 0 Å². The molecule has 2 rings (SSSR count). The molecule has 1 heterocycles. The second kappa shape index (κ2) is 7.31. The molecule has 0 aromatic carbocycles. The molecule has 0 radical (unpaired) electrons. The van der Waals surface area contributed by atoms with Crippen molar-refractivity contribution in [1.29, 1.82) is 0 Å². The van der Waals surface area contributed by atoms with Gasteiger partial charge in [0.1, 0.15) is 0 Å². The van der Waals surface area contributed by atoms with Crippen molar-refractivity contribution in [3.63, 3.8) is 0 Å². The van der Waals surface area contributed by atoms with Gasteiger partial charge in [-0.2, -0.15) is 13.2 Å². The van der Waals surface area contributed by atoms with Crippen molar-refractivity contribution in [1.82, 2.24) is 10.3 Å². The van der Waals surface area contributed by atoms with Gasteiger partial charge in [0.2, 0.25) is 0 Å². The van der Waals surface area contributed by atoms with Crippen LogP contribution >= 0.6 is 11.8 Å². The Hall–Kier alpha value is -0.750. The molecule has 0 aliphatic heterocycles. The zero-order valence-electron chi connectivity index (χ0n) is 11.2. The van der Waals surface area contributed by atoms with Crippen molar-refractivity contribution < 1.29 is 13.2 Å². The van der Waals surface area contributed by atoms with Gasteiger partial charge in [0, 0.05) is 18.5 Å². The smallest absolute Gasteiger partial charge is 0.316 e. The number of thioether (sulfide) groups is 1. The lowest BCUT2D eigenvalue weighted by Crippen LogP contribution is -2.23.